The summed E-state index contributed by atoms with van der Waals surface area (Å²) in [7, 11) is 3.80. The molecule has 1 amide bonds. The van der Waals surface area contributed by atoms with Crippen LogP contribution in [0.5, 0.6) is 0 Å². The van der Waals surface area contributed by atoms with Gasteiger partial charge >= 0.3 is 0 Å². The maximum Gasteiger partial charge on any atom is 0.230 e. The van der Waals surface area contributed by atoms with Crippen molar-refractivity contribution in [2.45, 2.75) is 18.0 Å². The number of carbonyl (C=O) groups excluding carboxylic acids is 1. The molecule has 0 atom stereocenters. The van der Waals surface area contributed by atoms with Crippen LogP contribution in [0.15, 0.2) is 53.4 Å². The molecule has 0 unspecified atom stereocenters. The third-order valence-corrected chi connectivity index (χ3v) is 4.21. The molecule has 122 valence electrons. The molecular formula is C18H21FN2OS. The fourth-order valence-electron chi connectivity index (χ4n) is 2.12. The molecule has 0 bridgehead atoms. The first-order valence-electron chi connectivity index (χ1n) is 7.41. The van der Waals surface area contributed by atoms with Crippen LogP contribution in [0.3, 0.4) is 0 Å². The van der Waals surface area contributed by atoms with Gasteiger partial charge in [0.2, 0.25) is 5.91 Å². The second-order valence-electron chi connectivity index (χ2n) is 5.54. The van der Waals surface area contributed by atoms with E-state index in [1.54, 1.807) is 12.1 Å². The first-order valence-corrected chi connectivity index (χ1v) is 8.40. The molecule has 3 nitrogen and oxygen atoms in total. The molecule has 2 aromatic carbocycles. The Hall–Kier alpha value is -1.85. The highest BCUT2D eigenvalue weighted by Gasteiger charge is 2.07. The average molecular weight is 332 g/mol. The number of benzene rings is 2. The molecule has 0 heterocycles. The topological polar surface area (TPSA) is 32.3 Å². The van der Waals surface area contributed by atoms with Gasteiger partial charge in [-0.25, -0.2) is 4.39 Å². The smallest absolute Gasteiger partial charge is 0.230 e. The Kier molecular flexibility index (Phi) is 6.62. The molecule has 5 heteroatoms. The van der Waals surface area contributed by atoms with Crippen LogP contribution in [-0.4, -0.2) is 30.7 Å². The van der Waals surface area contributed by atoms with Crippen molar-refractivity contribution in [3.63, 3.8) is 0 Å². The Morgan fingerprint density at radius 1 is 1.17 bits per heavy atom. The van der Waals surface area contributed by atoms with Crippen molar-refractivity contribution in [3.05, 3.63) is 65.5 Å². The van der Waals surface area contributed by atoms with Gasteiger partial charge in [0, 0.05) is 23.5 Å². The molecule has 0 saturated heterocycles. The van der Waals surface area contributed by atoms with E-state index in [0.29, 0.717) is 24.4 Å². The average Bonchev–Trinajstić information content (AvgIpc) is 2.54. The molecule has 0 fully saturated rings. The Bertz CT molecular complexity index is 647. The summed E-state index contributed by atoms with van der Waals surface area (Å²) in [6.45, 7) is 0.951. The number of thioether (sulfide) groups is 1. The van der Waals surface area contributed by atoms with Crippen molar-refractivity contribution in [1.82, 2.24) is 10.2 Å². The number of rotatable bonds is 7. The van der Waals surface area contributed by atoms with Gasteiger partial charge in [-0.05, 0) is 43.9 Å². The molecule has 0 spiro atoms. The minimum atomic E-state index is -0.214. The lowest BCUT2D eigenvalue weighted by atomic mass is 10.1. The summed E-state index contributed by atoms with van der Waals surface area (Å²) in [5.41, 5.74) is 1.54. The third kappa shape index (κ3) is 6.04. The molecule has 2 rings (SSSR count). The van der Waals surface area contributed by atoms with Gasteiger partial charge in [0.15, 0.2) is 0 Å². The van der Waals surface area contributed by atoms with E-state index < -0.39 is 0 Å². The number of carbonyl (C=O) groups is 1. The summed E-state index contributed by atoms with van der Waals surface area (Å²) in [6, 6.07) is 14.8. The first kappa shape index (κ1) is 17.5. The fraction of sp³-hybridized carbons (Fsp3) is 0.278. The first-order chi connectivity index (χ1) is 11.0. The summed E-state index contributed by atoms with van der Waals surface area (Å²) >= 11 is 1.50. The van der Waals surface area contributed by atoms with Crippen LogP contribution in [0.2, 0.25) is 0 Å². The zero-order valence-corrected chi connectivity index (χ0v) is 14.2. The Morgan fingerprint density at radius 3 is 2.61 bits per heavy atom. The van der Waals surface area contributed by atoms with E-state index in [9.17, 15) is 9.18 Å². The van der Waals surface area contributed by atoms with Gasteiger partial charge in [0.05, 0.1) is 5.75 Å². The van der Waals surface area contributed by atoms with E-state index in [4.69, 9.17) is 0 Å². The standard InChI is InChI=1S/C18H21FN2OS/c1-21(2)12-15-10-14(8-9-17(15)19)11-20-18(22)13-23-16-6-4-3-5-7-16/h3-10H,11-13H2,1-2H3,(H,20,22). The predicted octanol–water partition coefficient (Wildman–Crippen LogP) is 3.30. The van der Waals surface area contributed by atoms with Crippen LogP contribution < -0.4 is 5.32 Å². The van der Waals surface area contributed by atoms with Crippen molar-refractivity contribution < 1.29 is 9.18 Å². The van der Waals surface area contributed by atoms with E-state index >= 15 is 0 Å². The lowest BCUT2D eigenvalue weighted by Crippen LogP contribution is -2.24. The van der Waals surface area contributed by atoms with Gasteiger partial charge in [-0.15, -0.1) is 11.8 Å². The Balaban J connectivity index is 1.84. The molecule has 23 heavy (non-hydrogen) atoms. The van der Waals surface area contributed by atoms with E-state index in [1.165, 1.54) is 17.8 Å². The fourth-order valence-corrected chi connectivity index (χ4v) is 2.87. The molecule has 0 aliphatic heterocycles. The second-order valence-corrected chi connectivity index (χ2v) is 6.59. The minimum absolute atomic E-state index is 0.0302. The SMILES string of the molecule is CN(C)Cc1cc(CNC(=O)CSc2ccccc2)ccc1F. The minimum Gasteiger partial charge on any atom is -0.351 e. The van der Waals surface area contributed by atoms with E-state index in [1.807, 2.05) is 49.3 Å². The number of amides is 1. The van der Waals surface area contributed by atoms with Crippen LogP contribution >= 0.6 is 11.8 Å². The maximum absolute atomic E-state index is 13.7. The van der Waals surface area contributed by atoms with Crippen LogP contribution in [0, 0.1) is 5.82 Å². The van der Waals surface area contributed by atoms with E-state index in [-0.39, 0.29) is 11.7 Å². The van der Waals surface area contributed by atoms with Gasteiger partial charge < -0.3 is 10.2 Å². The number of nitrogens with zero attached hydrogens (tertiary/aromatic N) is 1. The molecule has 0 aliphatic carbocycles. The summed E-state index contributed by atoms with van der Waals surface area (Å²) in [5, 5.41) is 2.87. The van der Waals surface area contributed by atoms with Gasteiger partial charge in [-0.3, -0.25) is 4.79 Å². The molecule has 0 aliphatic rings. The van der Waals surface area contributed by atoms with Crippen molar-refractivity contribution >= 4 is 17.7 Å². The van der Waals surface area contributed by atoms with Crippen LogP contribution in [0.4, 0.5) is 4.39 Å². The number of hydrogen-bond donors (Lipinski definition) is 1. The van der Waals surface area contributed by atoms with Gasteiger partial charge in [-0.2, -0.15) is 0 Å². The van der Waals surface area contributed by atoms with E-state index in [0.717, 1.165) is 10.5 Å². The largest absolute Gasteiger partial charge is 0.351 e. The number of hydrogen-bond acceptors (Lipinski definition) is 3. The highest BCUT2D eigenvalue weighted by Crippen LogP contribution is 2.16. The van der Waals surface area contributed by atoms with Gasteiger partial charge in [0.1, 0.15) is 5.82 Å². The highest BCUT2D eigenvalue weighted by atomic mass is 32.2. The van der Waals surface area contributed by atoms with Crippen LogP contribution in [0.1, 0.15) is 11.1 Å². The summed E-state index contributed by atoms with van der Waals surface area (Å²) < 4.78 is 13.7. The van der Waals surface area contributed by atoms with Crippen LogP contribution in [0.25, 0.3) is 0 Å². The zero-order valence-electron chi connectivity index (χ0n) is 13.4. The Labute approximate surface area is 140 Å². The monoisotopic (exact) mass is 332 g/mol. The van der Waals surface area contributed by atoms with Gasteiger partial charge in [0.25, 0.3) is 0 Å². The predicted molar refractivity (Wildman–Crippen MR) is 92.8 cm³/mol. The molecule has 1 N–H and O–H groups in total. The Morgan fingerprint density at radius 2 is 1.91 bits per heavy atom. The quantitative estimate of drug-likeness (QED) is 0.790. The van der Waals surface area contributed by atoms with Crippen molar-refractivity contribution in [2.24, 2.45) is 0 Å². The summed E-state index contributed by atoms with van der Waals surface area (Å²) in [4.78, 5) is 14.9. The molecule has 0 saturated carbocycles. The summed E-state index contributed by atoms with van der Waals surface area (Å²) in [6.07, 6.45) is 0. The molecule has 2 aromatic rings. The molecular weight excluding hydrogens is 311 g/mol. The van der Waals surface area contributed by atoms with Crippen molar-refractivity contribution in [2.75, 3.05) is 19.8 Å². The normalized spacial score (nSPS) is 10.8. The molecule has 0 aromatic heterocycles. The highest BCUT2D eigenvalue weighted by molar-refractivity contribution is 8.00. The maximum atomic E-state index is 13.7. The van der Waals surface area contributed by atoms with E-state index in [2.05, 4.69) is 5.32 Å². The third-order valence-electron chi connectivity index (χ3n) is 3.20. The number of nitrogens with one attached hydrogen (secondary N) is 1. The molecule has 0 radical (unpaired) electrons. The van der Waals surface area contributed by atoms with Gasteiger partial charge in [-0.1, -0.05) is 24.3 Å². The lowest BCUT2D eigenvalue weighted by Gasteiger charge is -2.12. The second kappa shape index (κ2) is 8.70. The lowest BCUT2D eigenvalue weighted by molar-refractivity contribution is -0.118. The summed E-state index contributed by atoms with van der Waals surface area (Å²) in [5.74, 6) is 0.126. The van der Waals surface area contributed by atoms with Crippen molar-refractivity contribution in [1.29, 1.82) is 0 Å². The van der Waals surface area contributed by atoms with Crippen molar-refractivity contribution in [3.8, 4) is 0 Å². The van der Waals surface area contributed by atoms with Crippen LogP contribution in [-0.2, 0) is 17.9 Å². The zero-order chi connectivity index (χ0) is 16.7. The number of halogens is 1.